The molecule has 3 rings (SSSR count). The van der Waals surface area contributed by atoms with Crippen LogP contribution in [0.25, 0.3) is 0 Å². The Bertz CT molecular complexity index is 776. The Morgan fingerprint density at radius 1 is 1.16 bits per heavy atom. The number of ether oxygens (including phenoxy) is 1. The standard InChI is InChI=1S/C27H40O4/c1-18(2)9-8-10-19(3)21-12-13-22-20(23(28)14-16-26(21,22)4)17-25(30)31-27(5)15-7-6-11-24(27)29/h6,11,17-19,21-22H,7-10,12-16H2,1-5H3/b20-17-/t19-,21-,22+,26-,27-/m1/s1. The van der Waals surface area contributed by atoms with Crippen LogP contribution >= 0.6 is 0 Å². The van der Waals surface area contributed by atoms with Gasteiger partial charge in [-0.15, -0.1) is 0 Å². The van der Waals surface area contributed by atoms with E-state index in [0.717, 1.165) is 25.2 Å². The van der Waals surface area contributed by atoms with E-state index in [1.54, 1.807) is 6.92 Å². The van der Waals surface area contributed by atoms with Crippen LogP contribution in [-0.2, 0) is 19.1 Å². The van der Waals surface area contributed by atoms with Crippen LogP contribution in [0.3, 0.4) is 0 Å². The highest BCUT2D eigenvalue weighted by molar-refractivity contribution is 6.03. The molecule has 0 N–H and O–H groups in total. The van der Waals surface area contributed by atoms with Gasteiger partial charge < -0.3 is 4.74 Å². The van der Waals surface area contributed by atoms with Gasteiger partial charge in [0, 0.05) is 18.1 Å². The zero-order valence-electron chi connectivity index (χ0n) is 20.0. The van der Waals surface area contributed by atoms with E-state index in [0.29, 0.717) is 36.7 Å². The quantitative estimate of drug-likeness (QED) is 0.369. The molecule has 0 unspecified atom stereocenters. The van der Waals surface area contributed by atoms with Crippen molar-refractivity contribution in [2.45, 2.75) is 98.0 Å². The van der Waals surface area contributed by atoms with E-state index in [9.17, 15) is 14.4 Å². The minimum Gasteiger partial charge on any atom is -0.448 e. The van der Waals surface area contributed by atoms with Crippen LogP contribution < -0.4 is 0 Å². The summed E-state index contributed by atoms with van der Waals surface area (Å²) in [4.78, 5) is 37.8. The van der Waals surface area contributed by atoms with Gasteiger partial charge in [0.15, 0.2) is 17.2 Å². The van der Waals surface area contributed by atoms with E-state index < -0.39 is 11.6 Å². The molecule has 0 bridgehead atoms. The van der Waals surface area contributed by atoms with Crippen molar-refractivity contribution in [2.24, 2.45) is 29.1 Å². The molecular formula is C27H40O4. The summed E-state index contributed by atoms with van der Waals surface area (Å²) in [6.07, 6.45) is 13.2. The lowest BCUT2D eigenvalue weighted by Gasteiger charge is -2.43. The average molecular weight is 429 g/mol. The molecule has 31 heavy (non-hydrogen) atoms. The monoisotopic (exact) mass is 428 g/mol. The highest BCUT2D eigenvalue weighted by Crippen LogP contribution is 2.59. The molecule has 2 saturated carbocycles. The molecule has 4 nitrogen and oxygen atoms in total. The summed E-state index contributed by atoms with van der Waals surface area (Å²) >= 11 is 0. The van der Waals surface area contributed by atoms with Crippen molar-refractivity contribution in [3.63, 3.8) is 0 Å². The van der Waals surface area contributed by atoms with Crippen molar-refractivity contribution in [1.82, 2.24) is 0 Å². The molecule has 2 fully saturated rings. The predicted octanol–water partition coefficient (Wildman–Crippen LogP) is 5.99. The smallest absolute Gasteiger partial charge is 0.332 e. The van der Waals surface area contributed by atoms with E-state index in [-0.39, 0.29) is 22.9 Å². The molecule has 0 saturated heterocycles. The summed E-state index contributed by atoms with van der Waals surface area (Å²) in [5, 5.41) is 0. The summed E-state index contributed by atoms with van der Waals surface area (Å²) in [7, 11) is 0. The van der Waals surface area contributed by atoms with E-state index in [1.807, 2.05) is 6.08 Å². The molecule has 5 atom stereocenters. The molecule has 3 aliphatic carbocycles. The average Bonchev–Trinajstić information content (AvgIpc) is 3.04. The van der Waals surface area contributed by atoms with Gasteiger partial charge in [0.1, 0.15) is 0 Å². The molecule has 172 valence electrons. The molecule has 0 aromatic rings. The second-order valence-electron chi connectivity index (χ2n) is 11.0. The Balaban J connectivity index is 1.73. The molecule has 0 spiro atoms. The highest BCUT2D eigenvalue weighted by atomic mass is 16.6. The Morgan fingerprint density at radius 3 is 2.58 bits per heavy atom. The van der Waals surface area contributed by atoms with Gasteiger partial charge in [0.25, 0.3) is 0 Å². The van der Waals surface area contributed by atoms with Gasteiger partial charge in [-0.1, -0.05) is 53.0 Å². The fraction of sp³-hybridized carbons (Fsp3) is 0.741. The lowest BCUT2D eigenvalue weighted by Crippen LogP contribution is -2.41. The van der Waals surface area contributed by atoms with Gasteiger partial charge in [-0.3, -0.25) is 9.59 Å². The number of carbonyl (C=O) groups is 3. The van der Waals surface area contributed by atoms with Crippen molar-refractivity contribution >= 4 is 17.5 Å². The zero-order chi connectivity index (χ0) is 22.8. The lowest BCUT2D eigenvalue weighted by molar-refractivity contribution is -0.160. The van der Waals surface area contributed by atoms with Crippen LogP contribution in [0.2, 0.25) is 0 Å². The maximum absolute atomic E-state index is 12.8. The second-order valence-corrected chi connectivity index (χ2v) is 11.0. The first-order chi connectivity index (χ1) is 14.6. The molecule has 0 heterocycles. The summed E-state index contributed by atoms with van der Waals surface area (Å²) in [6.45, 7) is 10.9. The van der Waals surface area contributed by atoms with Crippen LogP contribution in [0.5, 0.6) is 0 Å². The van der Waals surface area contributed by atoms with Gasteiger partial charge >= 0.3 is 5.97 Å². The maximum Gasteiger partial charge on any atom is 0.332 e. The van der Waals surface area contributed by atoms with Crippen molar-refractivity contribution in [3.8, 4) is 0 Å². The van der Waals surface area contributed by atoms with Crippen molar-refractivity contribution in [1.29, 1.82) is 0 Å². The normalized spacial score (nSPS) is 35.5. The van der Waals surface area contributed by atoms with Crippen LogP contribution in [0, 0.1) is 29.1 Å². The number of ketones is 2. The Labute approximate surface area is 187 Å². The molecule has 4 heteroatoms. The fourth-order valence-corrected chi connectivity index (χ4v) is 6.35. The van der Waals surface area contributed by atoms with Gasteiger partial charge in [-0.2, -0.15) is 0 Å². The number of fused-ring (bicyclic) bond motifs is 1. The first-order valence-corrected chi connectivity index (χ1v) is 12.3. The second kappa shape index (κ2) is 9.42. The Kier molecular flexibility index (Phi) is 7.28. The first-order valence-electron chi connectivity index (χ1n) is 12.3. The third kappa shape index (κ3) is 5.04. The first kappa shape index (κ1) is 23.9. The van der Waals surface area contributed by atoms with Crippen LogP contribution in [-0.4, -0.2) is 23.1 Å². The minimum atomic E-state index is -1.12. The van der Waals surface area contributed by atoms with Crippen molar-refractivity contribution in [3.05, 3.63) is 23.8 Å². The Hall–Kier alpha value is -1.71. The molecule has 0 amide bonds. The van der Waals surface area contributed by atoms with Crippen molar-refractivity contribution < 1.29 is 19.1 Å². The number of Topliss-reactive ketones (excluding diaryl/α,β-unsaturated/α-hetero) is 1. The van der Waals surface area contributed by atoms with Gasteiger partial charge in [0.2, 0.25) is 0 Å². The topological polar surface area (TPSA) is 60.4 Å². The molecule has 0 aliphatic heterocycles. The van der Waals surface area contributed by atoms with Crippen LogP contribution in [0.4, 0.5) is 0 Å². The number of allylic oxidation sites excluding steroid dienone is 2. The van der Waals surface area contributed by atoms with Gasteiger partial charge in [-0.25, -0.2) is 4.79 Å². The minimum absolute atomic E-state index is 0.0601. The number of hydrogen-bond acceptors (Lipinski definition) is 4. The number of hydrogen-bond donors (Lipinski definition) is 0. The van der Waals surface area contributed by atoms with Crippen molar-refractivity contribution in [2.75, 3.05) is 0 Å². The van der Waals surface area contributed by atoms with Gasteiger partial charge in [-0.05, 0) is 74.2 Å². The summed E-state index contributed by atoms with van der Waals surface area (Å²) in [5.74, 6) is 1.41. The third-order valence-corrected chi connectivity index (χ3v) is 8.30. The van der Waals surface area contributed by atoms with Crippen LogP contribution in [0.1, 0.15) is 92.4 Å². The summed E-state index contributed by atoms with van der Waals surface area (Å²) in [6, 6.07) is 0. The summed E-state index contributed by atoms with van der Waals surface area (Å²) in [5.41, 5.74) is -0.421. The molecule has 3 aliphatic rings. The molecule has 0 aromatic carbocycles. The largest absolute Gasteiger partial charge is 0.448 e. The van der Waals surface area contributed by atoms with E-state index >= 15 is 0 Å². The van der Waals surface area contributed by atoms with Crippen LogP contribution in [0.15, 0.2) is 23.8 Å². The number of esters is 1. The van der Waals surface area contributed by atoms with E-state index in [2.05, 4.69) is 27.7 Å². The third-order valence-electron chi connectivity index (χ3n) is 8.30. The maximum atomic E-state index is 12.8. The van der Waals surface area contributed by atoms with Gasteiger partial charge in [0.05, 0.1) is 0 Å². The lowest BCUT2D eigenvalue weighted by atomic mass is 9.60. The SMILES string of the molecule is CC(C)CCC[C@@H](C)[C@H]1CC[C@H]2/C(=C/C(=O)O[C@]3(C)CCC=CC3=O)C(=O)CC[C@]12C. The molecule has 0 radical (unpaired) electrons. The number of carbonyl (C=O) groups excluding carboxylic acids is 3. The zero-order valence-corrected chi connectivity index (χ0v) is 20.0. The summed E-state index contributed by atoms with van der Waals surface area (Å²) < 4.78 is 5.61. The fourth-order valence-electron chi connectivity index (χ4n) is 6.35. The Morgan fingerprint density at radius 2 is 1.90 bits per heavy atom. The van der Waals surface area contributed by atoms with E-state index in [1.165, 1.54) is 31.4 Å². The van der Waals surface area contributed by atoms with E-state index in [4.69, 9.17) is 4.74 Å². The molecule has 0 aromatic heterocycles. The molecular weight excluding hydrogens is 388 g/mol. The number of rotatable bonds is 7. The predicted molar refractivity (Wildman–Crippen MR) is 122 cm³/mol. The highest BCUT2D eigenvalue weighted by Gasteiger charge is 2.53.